The number of likely N-dealkylation sites (N-methyl/N-ethyl adjacent to an activating group) is 1. The summed E-state index contributed by atoms with van der Waals surface area (Å²) in [5.74, 6) is -0.478. The number of amides is 4. The summed E-state index contributed by atoms with van der Waals surface area (Å²) in [5, 5.41) is 2.78. The summed E-state index contributed by atoms with van der Waals surface area (Å²) >= 11 is 0. The molecule has 1 aliphatic heterocycles. The number of hydrogen-bond donors (Lipinski definition) is 1. The molecule has 6 heteroatoms. The number of imide groups is 1. The second-order valence-electron chi connectivity index (χ2n) is 5.25. The van der Waals surface area contributed by atoms with Crippen LogP contribution in [0.4, 0.5) is 4.79 Å². The predicted octanol–water partition coefficient (Wildman–Crippen LogP) is 0.329. The predicted molar refractivity (Wildman–Crippen MR) is 64.8 cm³/mol. The molecule has 1 heterocycles. The number of nitrogens with one attached hydrogen (secondary N) is 1. The Hall–Kier alpha value is -1.59. The molecule has 1 aliphatic carbocycles. The van der Waals surface area contributed by atoms with Gasteiger partial charge in [-0.3, -0.25) is 14.5 Å². The summed E-state index contributed by atoms with van der Waals surface area (Å²) in [4.78, 5) is 38.2. The molecule has 0 aromatic heterocycles. The fraction of sp³-hybridized carbons (Fsp3) is 0.750. The lowest BCUT2D eigenvalue weighted by Crippen LogP contribution is -2.48. The third-order valence-corrected chi connectivity index (χ3v) is 3.75. The van der Waals surface area contributed by atoms with Gasteiger partial charge in [-0.2, -0.15) is 0 Å². The highest BCUT2D eigenvalue weighted by Gasteiger charge is 2.51. The molecule has 0 aromatic carbocycles. The molecule has 1 saturated heterocycles. The van der Waals surface area contributed by atoms with Crippen LogP contribution in [0.5, 0.6) is 0 Å². The number of carbonyl (C=O) groups excluding carboxylic acids is 3. The van der Waals surface area contributed by atoms with Crippen molar-refractivity contribution >= 4 is 17.8 Å². The van der Waals surface area contributed by atoms with Crippen LogP contribution in [0.25, 0.3) is 0 Å². The molecular weight excluding hydrogens is 234 g/mol. The highest BCUT2D eigenvalue weighted by atomic mass is 16.2. The van der Waals surface area contributed by atoms with E-state index in [0.29, 0.717) is 12.8 Å². The van der Waals surface area contributed by atoms with E-state index in [2.05, 4.69) is 5.32 Å². The maximum absolute atomic E-state index is 12.3. The number of carbonyl (C=O) groups is 3. The molecule has 100 valence electrons. The lowest BCUT2D eigenvalue weighted by Gasteiger charge is -2.30. The van der Waals surface area contributed by atoms with E-state index in [9.17, 15) is 14.4 Å². The number of hydrogen-bond acceptors (Lipinski definition) is 3. The molecule has 1 saturated carbocycles. The molecule has 2 rings (SSSR count). The van der Waals surface area contributed by atoms with Gasteiger partial charge in [-0.25, -0.2) is 4.79 Å². The molecule has 18 heavy (non-hydrogen) atoms. The van der Waals surface area contributed by atoms with Crippen LogP contribution in [0.15, 0.2) is 0 Å². The Labute approximate surface area is 106 Å². The van der Waals surface area contributed by atoms with Crippen LogP contribution in [0, 0.1) is 0 Å². The smallest absolute Gasteiger partial charge is 0.325 e. The summed E-state index contributed by atoms with van der Waals surface area (Å²) in [6, 6.07) is -0.433. The van der Waals surface area contributed by atoms with E-state index in [1.807, 2.05) is 0 Å². The van der Waals surface area contributed by atoms with E-state index in [1.165, 1.54) is 4.90 Å². The fourth-order valence-corrected chi connectivity index (χ4v) is 2.59. The summed E-state index contributed by atoms with van der Waals surface area (Å²) in [6.45, 7) is -0.167. The van der Waals surface area contributed by atoms with E-state index < -0.39 is 11.6 Å². The lowest BCUT2D eigenvalue weighted by molar-refractivity contribution is -0.138. The molecule has 0 unspecified atom stereocenters. The Morgan fingerprint density at radius 1 is 1.28 bits per heavy atom. The highest BCUT2D eigenvalue weighted by Crippen LogP contribution is 2.33. The van der Waals surface area contributed by atoms with Gasteiger partial charge in [0.25, 0.3) is 5.91 Å². The average Bonchev–Trinajstić information content (AvgIpc) is 2.55. The van der Waals surface area contributed by atoms with Crippen LogP contribution < -0.4 is 5.32 Å². The first-order valence-corrected chi connectivity index (χ1v) is 6.30. The third kappa shape index (κ3) is 2.07. The van der Waals surface area contributed by atoms with E-state index in [1.54, 1.807) is 14.1 Å². The molecule has 2 fully saturated rings. The number of nitrogens with zero attached hydrogens (tertiary/aromatic N) is 2. The largest absolute Gasteiger partial charge is 0.347 e. The molecule has 6 nitrogen and oxygen atoms in total. The van der Waals surface area contributed by atoms with E-state index in [0.717, 1.165) is 24.2 Å². The Balaban J connectivity index is 2.11. The van der Waals surface area contributed by atoms with Crippen LogP contribution in [0.3, 0.4) is 0 Å². The van der Waals surface area contributed by atoms with Gasteiger partial charge in [-0.1, -0.05) is 19.3 Å². The normalized spacial score (nSPS) is 22.2. The molecule has 1 spiro atoms. The Morgan fingerprint density at radius 3 is 2.44 bits per heavy atom. The topological polar surface area (TPSA) is 69.7 Å². The fourth-order valence-electron chi connectivity index (χ4n) is 2.59. The zero-order valence-electron chi connectivity index (χ0n) is 10.9. The maximum Gasteiger partial charge on any atom is 0.325 e. The van der Waals surface area contributed by atoms with E-state index in [-0.39, 0.29) is 18.4 Å². The molecule has 2 aliphatic rings. The Bertz CT molecular complexity index is 386. The summed E-state index contributed by atoms with van der Waals surface area (Å²) < 4.78 is 0. The van der Waals surface area contributed by atoms with Crippen molar-refractivity contribution in [3.05, 3.63) is 0 Å². The summed E-state index contributed by atoms with van der Waals surface area (Å²) in [5.41, 5.74) is -0.734. The van der Waals surface area contributed by atoms with Crippen molar-refractivity contribution in [2.24, 2.45) is 0 Å². The highest BCUT2D eigenvalue weighted by molar-refractivity contribution is 6.09. The molecular formula is C12H19N3O3. The van der Waals surface area contributed by atoms with Crippen LogP contribution >= 0.6 is 0 Å². The van der Waals surface area contributed by atoms with Crippen molar-refractivity contribution in [3.8, 4) is 0 Å². The number of rotatable bonds is 2. The molecule has 0 aromatic rings. The van der Waals surface area contributed by atoms with Crippen molar-refractivity contribution < 1.29 is 14.4 Å². The quantitative estimate of drug-likeness (QED) is 0.721. The van der Waals surface area contributed by atoms with Gasteiger partial charge in [0.05, 0.1) is 0 Å². The number of urea groups is 1. The Morgan fingerprint density at radius 2 is 1.89 bits per heavy atom. The van der Waals surface area contributed by atoms with Crippen LogP contribution in [0.2, 0.25) is 0 Å². The minimum Gasteiger partial charge on any atom is -0.347 e. The molecule has 0 radical (unpaired) electrons. The van der Waals surface area contributed by atoms with Crippen molar-refractivity contribution in [3.63, 3.8) is 0 Å². The van der Waals surface area contributed by atoms with Crippen molar-refractivity contribution in [2.45, 2.75) is 37.6 Å². The van der Waals surface area contributed by atoms with Gasteiger partial charge in [-0.05, 0) is 12.8 Å². The van der Waals surface area contributed by atoms with Crippen LogP contribution in [-0.2, 0) is 9.59 Å². The average molecular weight is 253 g/mol. The van der Waals surface area contributed by atoms with Gasteiger partial charge in [0.15, 0.2) is 0 Å². The monoisotopic (exact) mass is 253 g/mol. The van der Waals surface area contributed by atoms with E-state index in [4.69, 9.17) is 0 Å². The Kier molecular flexibility index (Phi) is 3.28. The van der Waals surface area contributed by atoms with Gasteiger partial charge in [-0.15, -0.1) is 0 Å². The maximum atomic E-state index is 12.3. The molecule has 1 N–H and O–H groups in total. The zero-order chi connectivity index (χ0) is 13.3. The summed E-state index contributed by atoms with van der Waals surface area (Å²) in [6.07, 6.45) is 4.36. The van der Waals surface area contributed by atoms with Gasteiger partial charge >= 0.3 is 6.03 Å². The zero-order valence-corrected chi connectivity index (χ0v) is 10.9. The SMILES string of the molecule is CN(C)C(=O)CN1C(=O)NC2(CCCCC2)C1=O. The van der Waals surface area contributed by atoms with Gasteiger partial charge in [0.2, 0.25) is 5.91 Å². The standard InChI is InChI=1S/C12H19N3O3/c1-14(2)9(16)8-15-10(17)12(13-11(15)18)6-4-3-5-7-12/h3-8H2,1-2H3,(H,13,18). The first-order valence-electron chi connectivity index (χ1n) is 6.30. The second-order valence-corrected chi connectivity index (χ2v) is 5.25. The van der Waals surface area contributed by atoms with E-state index >= 15 is 0 Å². The van der Waals surface area contributed by atoms with Crippen LogP contribution in [0.1, 0.15) is 32.1 Å². The molecule has 0 atom stereocenters. The van der Waals surface area contributed by atoms with Crippen molar-refractivity contribution in [1.29, 1.82) is 0 Å². The minimum absolute atomic E-state index is 0.167. The van der Waals surface area contributed by atoms with Gasteiger partial charge in [0.1, 0.15) is 12.1 Å². The molecule has 4 amide bonds. The van der Waals surface area contributed by atoms with Gasteiger partial charge < -0.3 is 10.2 Å². The lowest BCUT2D eigenvalue weighted by atomic mass is 9.82. The second kappa shape index (κ2) is 4.59. The van der Waals surface area contributed by atoms with Crippen molar-refractivity contribution in [1.82, 2.24) is 15.1 Å². The third-order valence-electron chi connectivity index (χ3n) is 3.75. The first kappa shape index (κ1) is 12.9. The molecule has 0 bridgehead atoms. The first-order chi connectivity index (χ1) is 8.46. The van der Waals surface area contributed by atoms with Gasteiger partial charge in [0, 0.05) is 14.1 Å². The summed E-state index contributed by atoms with van der Waals surface area (Å²) in [7, 11) is 3.22. The minimum atomic E-state index is -0.734. The van der Waals surface area contributed by atoms with Crippen LogP contribution in [-0.4, -0.2) is 53.8 Å². The van der Waals surface area contributed by atoms with Crippen molar-refractivity contribution in [2.75, 3.05) is 20.6 Å².